The summed E-state index contributed by atoms with van der Waals surface area (Å²) >= 11 is 0. The van der Waals surface area contributed by atoms with E-state index in [9.17, 15) is 5.11 Å². The Morgan fingerprint density at radius 1 is 0.496 bits per heavy atom. The summed E-state index contributed by atoms with van der Waals surface area (Å²) in [5.74, 6) is 19.0. The van der Waals surface area contributed by atoms with Gasteiger partial charge in [-0.05, 0) is 414 Å². The molecule has 0 aliphatic carbocycles. The summed E-state index contributed by atoms with van der Waals surface area (Å²) in [4.78, 5) is 0. The molecule has 1 N–H and O–H groups in total. The van der Waals surface area contributed by atoms with Crippen LogP contribution in [0.1, 0.15) is 460 Å². The molecule has 0 saturated heterocycles. The predicted molar refractivity (Wildman–Crippen MR) is 592 cm³/mol. The molecule has 9 nitrogen and oxygen atoms in total. The number of benzene rings is 5. The molecule has 0 amide bonds. The normalized spacial score (nSPS) is 21.5. The fourth-order valence-electron chi connectivity index (χ4n) is 19.5. The third kappa shape index (κ3) is 36.9. The van der Waals surface area contributed by atoms with E-state index in [0.29, 0.717) is 82.9 Å². The summed E-state index contributed by atoms with van der Waals surface area (Å²) in [5.41, 5.74) is 21.6. The van der Waals surface area contributed by atoms with Gasteiger partial charge in [0.25, 0.3) is 0 Å². The number of aromatic hydroxyl groups is 1. The third-order valence-corrected chi connectivity index (χ3v) is 30.2. The molecule has 137 heavy (non-hydrogen) atoms. The maximum Gasteiger partial charge on any atom is 0.211 e. The van der Waals surface area contributed by atoms with Gasteiger partial charge in [0, 0.05) is 49.0 Å². The van der Waals surface area contributed by atoms with Crippen molar-refractivity contribution in [2.75, 3.05) is 20.8 Å². The van der Waals surface area contributed by atoms with Gasteiger partial charge in [-0.2, -0.15) is 0 Å². The fraction of sp³-hybridized carbons (Fsp3) is 0.609. The van der Waals surface area contributed by atoms with Crippen molar-refractivity contribution in [3.8, 4) is 52.1 Å². The molecule has 760 valence electrons. The van der Waals surface area contributed by atoms with Crippen molar-refractivity contribution in [1.29, 1.82) is 0 Å². The molecule has 9 heteroatoms. The van der Waals surface area contributed by atoms with Gasteiger partial charge in [-0.3, -0.25) is 0 Å². The Labute approximate surface area is 839 Å². The largest absolute Gasteiger partial charge is 0.507 e. The molecule has 0 spiro atoms. The van der Waals surface area contributed by atoms with Crippen LogP contribution >= 0.6 is 0 Å². The van der Waals surface area contributed by atoms with E-state index < -0.39 is 5.79 Å². The molecular weight excluding hydrogens is 1680 g/mol. The quantitative estimate of drug-likeness (QED) is 0.0236. The van der Waals surface area contributed by atoms with E-state index in [4.69, 9.17) is 37.9 Å². The van der Waals surface area contributed by atoms with Gasteiger partial charge < -0.3 is 43.0 Å². The summed E-state index contributed by atoms with van der Waals surface area (Å²) in [5, 5.41) is 10.5. The highest BCUT2D eigenvalue weighted by Crippen LogP contribution is 2.52. The lowest BCUT2D eigenvalue weighted by Crippen LogP contribution is -2.42. The third-order valence-electron chi connectivity index (χ3n) is 30.2. The molecule has 0 fully saturated rings. The van der Waals surface area contributed by atoms with E-state index in [2.05, 4.69) is 376 Å². The van der Waals surface area contributed by atoms with Crippen molar-refractivity contribution in [1.82, 2.24) is 0 Å². The lowest BCUT2D eigenvalue weighted by atomic mass is 9.79. The standard InChI is InChI=1S/C28H44O4.C26H40O.C25H40O.C25H34O.C24H36O2/c1-9-31-25-17-24(23(6)21(4)14-12-13-20(2)3)18-26-27(25)22(5)19-28(30-8,32-26)15-10-11-16-29-7;1-19(2)10-9-15-26(8)17-14-22-11-12-23(18-24(22)27-26)21(4)20(3)13-16-25(5,6)7;1-17(2)10-9-12-25(8)13-11-23-20(6)15-22(16-24(23)26-25)21(7)19(5)14-18(3)4;1-8-9-12-19(4)21(6)22-16-20(5)23-13-15-25(7,26-24(23)17-22)14-10-11-18(2)3;1-8-17(4)18(5)19(6)20-14-22(25)21-11-13-24(7,26-23(21)15-20)12-9-10-16(2)3/h11,13,16-18,21-23H,9-10,12,14-15,19H2,1-8H3;10-12,14,17-18,20-21H,9,13,15-16H2,1-8H3;10,15-16,18-19,21H,9,11-14H2,1-8H3;11,13,15-17,19,21H,8,10,14H2,1-7H3;10-11,13-15,17-19,25H,8-9,12H2,1-7H3/b16-11+;;;;. The molecule has 0 bridgehead atoms. The van der Waals surface area contributed by atoms with Crippen LogP contribution in [0.25, 0.3) is 18.2 Å². The highest BCUT2D eigenvalue weighted by molar-refractivity contribution is 5.69. The minimum Gasteiger partial charge on any atom is -0.507 e. The minimum absolute atomic E-state index is 0.0310. The second-order valence-corrected chi connectivity index (χ2v) is 45.9. The van der Waals surface area contributed by atoms with E-state index >= 15 is 0 Å². The van der Waals surface area contributed by atoms with Crippen LogP contribution in [0.5, 0.6) is 40.2 Å². The van der Waals surface area contributed by atoms with E-state index in [1.165, 1.54) is 116 Å². The highest BCUT2D eigenvalue weighted by atomic mass is 16.7. The molecule has 5 aromatic carbocycles. The van der Waals surface area contributed by atoms with Crippen LogP contribution < -0.4 is 28.4 Å². The number of phenols is 1. The number of hydrogen-bond donors (Lipinski definition) is 1. The van der Waals surface area contributed by atoms with Crippen molar-refractivity contribution < 1.29 is 43.0 Å². The predicted octanol–water partition coefficient (Wildman–Crippen LogP) is 37.7. The van der Waals surface area contributed by atoms with Crippen molar-refractivity contribution >= 4 is 18.2 Å². The van der Waals surface area contributed by atoms with Crippen molar-refractivity contribution in [2.45, 2.75) is 441 Å². The van der Waals surface area contributed by atoms with Crippen LogP contribution in [0.3, 0.4) is 0 Å². The number of aryl methyl sites for hydroxylation is 2. The maximum atomic E-state index is 10.5. The molecule has 5 heterocycles. The van der Waals surface area contributed by atoms with Crippen molar-refractivity contribution in [3.05, 3.63) is 222 Å². The molecule has 5 aromatic rings. The second kappa shape index (κ2) is 54.6. The van der Waals surface area contributed by atoms with Gasteiger partial charge in [-0.15, -0.1) is 5.92 Å². The maximum absolute atomic E-state index is 10.5. The van der Waals surface area contributed by atoms with E-state index in [0.717, 1.165) is 148 Å². The highest BCUT2D eigenvalue weighted by Gasteiger charge is 2.43. The van der Waals surface area contributed by atoms with Crippen LogP contribution in [0.15, 0.2) is 156 Å². The van der Waals surface area contributed by atoms with Gasteiger partial charge in [0.05, 0.1) is 25.5 Å². The summed E-state index contributed by atoms with van der Waals surface area (Å²) in [6.07, 6.45) is 49.3. The Balaban J connectivity index is 0.000000263. The molecule has 5 aliphatic rings. The molecule has 17 atom stereocenters. The molecule has 0 saturated carbocycles. The van der Waals surface area contributed by atoms with Gasteiger partial charge in [-0.25, -0.2) is 0 Å². The Kier molecular flexibility index (Phi) is 46.8. The Morgan fingerprint density at radius 2 is 0.978 bits per heavy atom. The summed E-state index contributed by atoms with van der Waals surface area (Å²) in [6, 6.07) is 24.6. The lowest BCUT2D eigenvalue weighted by molar-refractivity contribution is -0.183. The zero-order chi connectivity index (χ0) is 102. The lowest BCUT2D eigenvalue weighted by Gasteiger charge is -2.41. The van der Waals surface area contributed by atoms with Gasteiger partial charge in [-0.1, -0.05) is 239 Å². The van der Waals surface area contributed by atoms with Crippen LogP contribution in [0.4, 0.5) is 0 Å². The number of phenolic OH excluding ortho intramolecular Hbond substituents is 1. The first-order valence-electron chi connectivity index (χ1n) is 53.3. The molecule has 0 radical (unpaired) electrons. The summed E-state index contributed by atoms with van der Waals surface area (Å²) in [7, 11) is 3.41. The fourth-order valence-corrected chi connectivity index (χ4v) is 19.5. The van der Waals surface area contributed by atoms with E-state index in [1.807, 2.05) is 25.1 Å². The van der Waals surface area contributed by atoms with Crippen LogP contribution in [-0.2, 0) is 15.9 Å². The molecular formula is C128H194O9. The number of fused-ring (bicyclic) bond motifs is 5. The first-order valence-corrected chi connectivity index (χ1v) is 53.3. The van der Waals surface area contributed by atoms with Crippen molar-refractivity contribution in [2.24, 2.45) is 46.8 Å². The number of ether oxygens (including phenoxy) is 8. The van der Waals surface area contributed by atoms with Gasteiger partial charge >= 0.3 is 0 Å². The zero-order valence-corrected chi connectivity index (χ0v) is 93.9. The number of hydrogen-bond acceptors (Lipinski definition) is 9. The Hall–Kier alpha value is -8.32. The summed E-state index contributed by atoms with van der Waals surface area (Å²) in [6.45, 7) is 81.2. The monoisotopic (exact) mass is 1880 g/mol. The Bertz CT molecular complexity index is 4970. The molecule has 17 unspecified atom stereocenters. The first-order chi connectivity index (χ1) is 64.3. The average molecular weight is 1880 g/mol. The van der Waals surface area contributed by atoms with Crippen LogP contribution in [0.2, 0.25) is 0 Å². The molecule has 5 aliphatic heterocycles. The summed E-state index contributed by atoms with van der Waals surface area (Å²) < 4.78 is 49.6. The molecule has 10 rings (SSSR count). The van der Waals surface area contributed by atoms with Crippen LogP contribution in [-0.4, -0.2) is 54.1 Å². The smallest absolute Gasteiger partial charge is 0.211 e. The minimum atomic E-state index is -0.634. The van der Waals surface area contributed by atoms with E-state index in [1.54, 1.807) is 20.5 Å². The van der Waals surface area contributed by atoms with Gasteiger partial charge in [0.2, 0.25) is 5.79 Å². The van der Waals surface area contributed by atoms with Crippen LogP contribution in [0, 0.1) is 72.5 Å². The number of rotatable bonds is 38. The zero-order valence-electron chi connectivity index (χ0n) is 93.9. The average Bonchev–Trinajstić information content (AvgIpc) is 0.770. The Morgan fingerprint density at radius 3 is 1.52 bits per heavy atom. The second-order valence-electron chi connectivity index (χ2n) is 45.9. The van der Waals surface area contributed by atoms with Crippen molar-refractivity contribution in [3.63, 3.8) is 0 Å². The first kappa shape index (κ1) is 117. The van der Waals surface area contributed by atoms with Gasteiger partial charge in [0.15, 0.2) is 0 Å². The molecule has 0 aromatic heterocycles. The number of methoxy groups -OCH3 is 2. The van der Waals surface area contributed by atoms with E-state index in [-0.39, 0.29) is 28.3 Å². The van der Waals surface area contributed by atoms with Gasteiger partial charge in [0.1, 0.15) is 62.7 Å². The topological polar surface area (TPSA) is 94.1 Å². The SMILES string of the molecule is CC(C)=CCCC1(C)C=Cc2ccc(C(C)C(C)CCC(C)(C)C)cc2O1.CC(C)=CCCC1(C)CCc2c(C)cc(C(C)C(C)CC(C)C)cc2O1.CCC#CC(C)C(C)c1cc(C)c2c(c1)OC(C)(CCC=C(C)C)C=C2.CCC(C)C(C)C(C)c1cc(O)c2c(c1)OC(C)(CCC=C(C)C)C=C2.CCOc1cc(C(C)C(C)CCC=C(C)C)cc2c1C(C)CC(CC/C=C/OC)(OC)O2. The number of allylic oxidation sites excluding steroid dienone is 11.